The molecule has 0 bridgehead atoms. The van der Waals surface area contributed by atoms with Gasteiger partial charge in [0.15, 0.2) is 0 Å². The zero-order chi connectivity index (χ0) is 9.12. The van der Waals surface area contributed by atoms with Gasteiger partial charge in [0.1, 0.15) is 0 Å². The van der Waals surface area contributed by atoms with Crippen LogP contribution >= 0.6 is 0 Å². The van der Waals surface area contributed by atoms with E-state index in [0.29, 0.717) is 9.52 Å². The first-order valence-electron chi connectivity index (χ1n) is 4.71. The van der Waals surface area contributed by atoms with Gasteiger partial charge in [-0.05, 0) is 0 Å². The number of hydrogen-bond acceptors (Lipinski definition) is 0. The number of rotatable bonds is 4. The highest BCUT2D eigenvalue weighted by Gasteiger charge is 2.17. The van der Waals surface area contributed by atoms with Crippen molar-refractivity contribution in [3.8, 4) is 0 Å². The summed E-state index contributed by atoms with van der Waals surface area (Å²) >= 11 is 0. The topological polar surface area (TPSA) is 0 Å². The van der Waals surface area contributed by atoms with Crippen LogP contribution in [0, 0.1) is 0 Å². The molecule has 0 aromatic rings. The maximum absolute atomic E-state index is 2.50. The van der Waals surface area contributed by atoms with Crippen LogP contribution in [0.1, 0.15) is 0 Å². The average molecular weight is 205 g/mol. The van der Waals surface area contributed by atoms with E-state index < -0.39 is 16.1 Å². The monoisotopic (exact) mass is 204 g/mol. The molecule has 0 nitrogen and oxygen atoms in total. The van der Waals surface area contributed by atoms with Gasteiger partial charge in [0.2, 0.25) is 0 Å². The molecule has 0 aliphatic rings. The normalized spacial score (nSPS) is 13.6. The Morgan fingerprint density at radius 2 is 1.00 bits per heavy atom. The molecule has 68 valence electrons. The Hall–Kier alpha value is 0.651. The van der Waals surface area contributed by atoms with Crippen LogP contribution in [0.5, 0.6) is 0 Å². The van der Waals surface area contributed by atoms with Crippen molar-refractivity contribution in [1.29, 1.82) is 0 Å². The van der Waals surface area contributed by atoms with Gasteiger partial charge in [0.25, 0.3) is 0 Å². The van der Waals surface area contributed by atoms with Crippen LogP contribution in [0.15, 0.2) is 0 Å². The van der Waals surface area contributed by atoms with E-state index >= 15 is 0 Å². The van der Waals surface area contributed by atoms with Crippen molar-refractivity contribution < 1.29 is 0 Å². The molecule has 0 radical (unpaired) electrons. The van der Waals surface area contributed by atoms with Gasteiger partial charge in [0, 0.05) is 25.7 Å². The molecule has 0 unspecified atom stereocenters. The molecule has 0 aliphatic carbocycles. The fourth-order valence-electron chi connectivity index (χ4n) is 1.15. The van der Waals surface area contributed by atoms with Crippen molar-refractivity contribution in [2.24, 2.45) is 0 Å². The Morgan fingerprint density at radius 3 is 1.18 bits per heavy atom. The molecule has 0 amide bonds. The van der Waals surface area contributed by atoms with E-state index in [0.717, 1.165) is 0 Å². The summed E-state index contributed by atoms with van der Waals surface area (Å²) < 4.78 is 0. The van der Waals surface area contributed by atoms with E-state index in [1.54, 1.807) is 11.3 Å². The molecule has 0 fully saturated rings. The summed E-state index contributed by atoms with van der Waals surface area (Å²) in [6, 6.07) is 0. The lowest BCUT2D eigenvalue weighted by molar-refractivity contribution is 1.57. The molecule has 3 heteroatoms. The van der Waals surface area contributed by atoms with E-state index in [-0.39, 0.29) is 0 Å². The van der Waals surface area contributed by atoms with Gasteiger partial charge >= 0.3 is 0 Å². The lowest BCUT2D eigenvalue weighted by Gasteiger charge is -2.19. The maximum atomic E-state index is 2.50. The summed E-state index contributed by atoms with van der Waals surface area (Å²) in [5.41, 5.74) is 3.33. The molecule has 0 spiro atoms. The van der Waals surface area contributed by atoms with Crippen LogP contribution in [0.2, 0.25) is 50.6 Å². The predicted octanol–water partition coefficient (Wildman–Crippen LogP) is 2.75. The standard InChI is InChI=1S/C8H24Si3/c1-10(2,3)7-9-8-11(4,5)6/h7-9H2,1-6H3. The van der Waals surface area contributed by atoms with Crippen LogP contribution in [-0.2, 0) is 0 Å². The first-order chi connectivity index (χ1) is 4.71. The summed E-state index contributed by atoms with van der Waals surface area (Å²) in [7, 11) is -1.02. The van der Waals surface area contributed by atoms with Crippen molar-refractivity contribution in [3.05, 3.63) is 0 Å². The minimum atomic E-state index is -0.673. The van der Waals surface area contributed by atoms with Gasteiger partial charge in [-0.2, -0.15) is 0 Å². The third-order valence-corrected chi connectivity index (χ3v) is 16.7. The molecule has 0 aliphatic heterocycles. The fourth-order valence-corrected chi connectivity index (χ4v) is 11.9. The molecule has 0 heterocycles. The lowest BCUT2D eigenvalue weighted by Crippen LogP contribution is -2.28. The first kappa shape index (κ1) is 11.7. The zero-order valence-corrected chi connectivity index (χ0v) is 12.5. The average Bonchev–Trinajstić information content (AvgIpc) is 1.55. The molecular formula is C8H24Si3. The highest BCUT2D eigenvalue weighted by Crippen LogP contribution is 2.12. The molecule has 0 atom stereocenters. The molecule has 11 heavy (non-hydrogen) atoms. The first-order valence-corrected chi connectivity index (χ1v) is 14.1. The van der Waals surface area contributed by atoms with E-state index in [4.69, 9.17) is 0 Å². The van der Waals surface area contributed by atoms with E-state index in [2.05, 4.69) is 39.3 Å². The Balaban J connectivity index is 3.44. The molecule has 0 saturated heterocycles. The molecule has 0 aromatic carbocycles. The Bertz CT molecular complexity index is 93.5. The molecule has 0 saturated carbocycles. The number of hydrogen-bond donors (Lipinski definition) is 0. The largest absolute Gasteiger partial charge is 0.0698 e. The lowest BCUT2D eigenvalue weighted by atomic mass is 11.7. The minimum Gasteiger partial charge on any atom is -0.0698 e. The summed E-state index contributed by atoms with van der Waals surface area (Å²) in [5, 5.41) is 0. The Labute approximate surface area is 76.6 Å². The molecule has 0 aromatic heterocycles. The van der Waals surface area contributed by atoms with Gasteiger partial charge in [0.05, 0.1) is 0 Å². The predicted molar refractivity (Wildman–Crippen MR) is 64.9 cm³/mol. The van der Waals surface area contributed by atoms with Gasteiger partial charge in [-0.15, -0.1) is 0 Å². The van der Waals surface area contributed by atoms with Gasteiger partial charge in [-0.25, -0.2) is 0 Å². The van der Waals surface area contributed by atoms with Crippen molar-refractivity contribution in [3.63, 3.8) is 0 Å². The van der Waals surface area contributed by atoms with Crippen LogP contribution < -0.4 is 0 Å². The SMILES string of the molecule is C[Si](C)(C)C[SiH2]C[Si](C)(C)C. The highest BCUT2D eigenvalue weighted by atomic mass is 28.4. The maximum Gasteiger partial charge on any atom is 0.0411 e. The van der Waals surface area contributed by atoms with Crippen LogP contribution in [0.25, 0.3) is 0 Å². The van der Waals surface area contributed by atoms with Crippen molar-refractivity contribution in [2.75, 3.05) is 0 Å². The van der Waals surface area contributed by atoms with Crippen LogP contribution in [0.4, 0.5) is 0 Å². The summed E-state index contributed by atoms with van der Waals surface area (Å²) in [5.74, 6) is 0. The van der Waals surface area contributed by atoms with Gasteiger partial charge in [-0.1, -0.05) is 50.6 Å². The fraction of sp³-hybridized carbons (Fsp3) is 1.00. The van der Waals surface area contributed by atoms with Crippen molar-refractivity contribution in [2.45, 2.75) is 50.6 Å². The van der Waals surface area contributed by atoms with Crippen molar-refractivity contribution >= 4 is 25.7 Å². The van der Waals surface area contributed by atoms with Crippen LogP contribution in [0.3, 0.4) is 0 Å². The van der Waals surface area contributed by atoms with Crippen LogP contribution in [-0.4, -0.2) is 25.7 Å². The second kappa shape index (κ2) is 4.05. The Morgan fingerprint density at radius 1 is 0.727 bits per heavy atom. The minimum absolute atomic E-state index is 0.326. The second-order valence-electron chi connectivity index (χ2n) is 5.97. The summed E-state index contributed by atoms with van der Waals surface area (Å²) in [4.78, 5) is 0. The summed E-state index contributed by atoms with van der Waals surface area (Å²) in [6.07, 6.45) is 0. The molecule has 0 N–H and O–H groups in total. The van der Waals surface area contributed by atoms with E-state index in [9.17, 15) is 0 Å². The van der Waals surface area contributed by atoms with E-state index in [1.165, 1.54) is 0 Å². The van der Waals surface area contributed by atoms with Gasteiger partial charge in [-0.3, -0.25) is 0 Å². The van der Waals surface area contributed by atoms with Crippen molar-refractivity contribution in [1.82, 2.24) is 0 Å². The highest BCUT2D eigenvalue weighted by molar-refractivity contribution is 6.89. The second-order valence-corrected chi connectivity index (χ2v) is 20.9. The van der Waals surface area contributed by atoms with Gasteiger partial charge < -0.3 is 0 Å². The Kier molecular flexibility index (Phi) is 4.29. The third kappa shape index (κ3) is 10.7. The summed E-state index contributed by atoms with van der Waals surface area (Å²) in [6.45, 7) is 15.0. The molecular weight excluding hydrogens is 180 g/mol. The quantitative estimate of drug-likeness (QED) is 0.618. The van der Waals surface area contributed by atoms with E-state index in [1.807, 2.05) is 0 Å². The smallest absolute Gasteiger partial charge is 0.0411 e. The molecule has 0 rings (SSSR count). The zero-order valence-electron chi connectivity index (χ0n) is 9.12. The third-order valence-electron chi connectivity index (χ3n) is 1.85.